The van der Waals surface area contributed by atoms with Gasteiger partial charge in [0.05, 0.1) is 22.0 Å². The molecule has 0 spiro atoms. The van der Waals surface area contributed by atoms with Crippen LogP contribution >= 0.6 is 11.6 Å². The highest BCUT2D eigenvalue weighted by Gasteiger charge is 2.68. The molecule has 2 unspecified atom stereocenters. The minimum absolute atomic E-state index is 0.124. The first-order valence-corrected chi connectivity index (χ1v) is 10.2. The lowest BCUT2D eigenvalue weighted by atomic mass is 9.48. The van der Waals surface area contributed by atoms with Crippen LogP contribution in [0.15, 0.2) is 72.8 Å². The summed E-state index contributed by atoms with van der Waals surface area (Å²) in [5.41, 5.74) is 4.31. The van der Waals surface area contributed by atoms with Crippen molar-refractivity contribution in [3.8, 4) is 0 Å². The van der Waals surface area contributed by atoms with Gasteiger partial charge in [0.2, 0.25) is 11.8 Å². The monoisotopic (exact) mass is 399 g/mol. The maximum Gasteiger partial charge on any atom is 0.241 e. The number of hydrogen-bond donors (Lipinski definition) is 0. The molecule has 0 aromatic heterocycles. The van der Waals surface area contributed by atoms with E-state index in [9.17, 15) is 9.59 Å². The number of halogens is 1. The van der Waals surface area contributed by atoms with Crippen molar-refractivity contribution in [2.75, 3.05) is 4.90 Å². The van der Waals surface area contributed by atoms with E-state index in [2.05, 4.69) is 24.3 Å². The van der Waals surface area contributed by atoms with E-state index < -0.39 is 11.3 Å². The third kappa shape index (κ3) is 1.89. The van der Waals surface area contributed by atoms with Crippen LogP contribution < -0.4 is 4.90 Å². The average molecular weight is 400 g/mol. The molecule has 142 valence electrons. The highest BCUT2D eigenvalue weighted by Crippen LogP contribution is 2.67. The summed E-state index contributed by atoms with van der Waals surface area (Å²) in [6.45, 7) is 1.97. The van der Waals surface area contributed by atoms with Crippen LogP contribution in [0, 0.1) is 11.3 Å². The number of carbonyl (C=O) groups excluding carboxylic acids is 2. The Hall–Kier alpha value is -2.91. The molecular formula is C25H18ClNO2. The van der Waals surface area contributed by atoms with Gasteiger partial charge in [-0.25, -0.2) is 4.90 Å². The van der Waals surface area contributed by atoms with Gasteiger partial charge in [0.25, 0.3) is 0 Å². The van der Waals surface area contributed by atoms with Crippen LogP contribution in [0.2, 0.25) is 5.02 Å². The molecule has 1 heterocycles. The Kier molecular flexibility index (Phi) is 3.27. The Morgan fingerprint density at radius 2 is 1.31 bits per heavy atom. The van der Waals surface area contributed by atoms with Gasteiger partial charge in [-0.1, -0.05) is 72.3 Å². The van der Waals surface area contributed by atoms with E-state index in [1.54, 1.807) is 18.2 Å². The zero-order chi connectivity index (χ0) is 19.9. The lowest BCUT2D eigenvalue weighted by Gasteiger charge is -2.51. The van der Waals surface area contributed by atoms with Gasteiger partial charge in [0.15, 0.2) is 0 Å². The molecule has 3 nitrogen and oxygen atoms in total. The van der Waals surface area contributed by atoms with Crippen LogP contribution in [0.3, 0.4) is 0 Å². The molecule has 3 aliphatic carbocycles. The fourth-order valence-electron chi connectivity index (χ4n) is 5.98. The minimum atomic E-state index is -0.830. The van der Waals surface area contributed by atoms with E-state index in [1.807, 2.05) is 37.3 Å². The molecule has 3 aromatic carbocycles. The summed E-state index contributed by atoms with van der Waals surface area (Å²) < 4.78 is 0. The topological polar surface area (TPSA) is 37.4 Å². The van der Waals surface area contributed by atoms with Crippen molar-refractivity contribution in [2.45, 2.75) is 18.8 Å². The summed E-state index contributed by atoms with van der Waals surface area (Å²) in [4.78, 5) is 29.0. The Bertz CT molecular complexity index is 1170. The largest absolute Gasteiger partial charge is 0.274 e. The Labute approximate surface area is 173 Å². The number of nitrogens with zero attached hydrogens (tertiary/aromatic N) is 1. The van der Waals surface area contributed by atoms with Gasteiger partial charge in [-0.3, -0.25) is 9.59 Å². The molecule has 1 fully saturated rings. The molecule has 7 rings (SSSR count). The zero-order valence-electron chi connectivity index (χ0n) is 15.8. The predicted molar refractivity (Wildman–Crippen MR) is 112 cm³/mol. The summed E-state index contributed by atoms with van der Waals surface area (Å²) in [6, 6.07) is 23.6. The van der Waals surface area contributed by atoms with E-state index in [0.29, 0.717) is 10.7 Å². The number of para-hydroxylation sites is 1. The smallest absolute Gasteiger partial charge is 0.241 e. The van der Waals surface area contributed by atoms with Crippen molar-refractivity contribution >= 4 is 29.1 Å². The summed E-state index contributed by atoms with van der Waals surface area (Å²) in [5.74, 6) is -1.000. The molecule has 2 amide bonds. The zero-order valence-corrected chi connectivity index (χ0v) is 16.6. The Morgan fingerprint density at radius 3 is 1.90 bits per heavy atom. The van der Waals surface area contributed by atoms with Gasteiger partial charge < -0.3 is 0 Å². The molecule has 4 aliphatic rings. The van der Waals surface area contributed by atoms with Crippen molar-refractivity contribution in [3.05, 3.63) is 100 Å². The number of benzene rings is 3. The standard InChI is InChI=1S/C25H18ClNO2/c1-25-21-16-10-4-2-8-14(16)20(15-9-3-5-11-17(15)21)22(25)23(28)27(24(25)29)19-13-7-6-12-18(19)26/h2-13,20-22H,1H3. The van der Waals surface area contributed by atoms with Gasteiger partial charge in [-0.2, -0.15) is 0 Å². The molecule has 1 aliphatic heterocycles. The number of carbonyl (C=O) groups is 2. The van der Waals surface area contributed by atoms with Gasteiger partial charge >= 0.3 is 0 Å². The van der Waals surface area contributed by atoms with Crippen LogP contribution in [-0.4, -0.2) is 11.8 Å². The van der Waals surface area contributed by atoms with Crippen molar-refractivity contribution in [2.24, 2.45) is 11.3 Å². The first-order valence-electron chi connectivity index (χ1n) is 9.85. The first-order chi connectivity index (χ1) is 14.0. The number of rotatable bonds is 1. The second-order valence-corrected chi connectivity index (χ2v) is 8.77. The molecule has 4 heteroatoms. The first kappa shape index (κ1) is 17.0. The van der Waals surface area contributed by atoms with Crippen molar-refractivity contribution in [1.29, 1.82) is 0 Å². The molecule has 2 bridgehead atoms. The second-order valence-electron chi connectivity index (χ2n) is 8.36. The number of anilines is 1. The van der Waals surface area contributed by atoms with Gasteiger partial charge in [-0.05, 0) is 41.3 Å². The van der Waals surface area contributed by atoms with Crippen LogP contribution in [-0.2, 0) is 9.59 Å². The fourth-order valence-corrected chi connectivity index (χ4v) is 6.20. The minimum Gasteiger partial charge on any atom is -0.274 e. The maximum absolute atomic E-state index is 13.9. The van der Waals surface area contributed by atoms with Gasteiger partial charge in [0, 0.05) is 11.8 Å². The molecule has 1 saturated heterocycles. The lowest BCUT2D eigenvalue weighted by Crippen LogP contribution is -2.49. The predicted octanol–water partition coefficient (Wildman–Crippen LogP) is 5.13. The molecular weight excluding hydrogens is 382 g/mol. The molecule has 0 radical (unpaired) electrons. The van der Waals surface area contributed by atoms with Crippen LogP contribution in [0.25, 0.3) is 0 Å². The van der Waals surface area contributed by atoms with E-state index in [-0.39, 0.29) is 23.7 Å². The summed E-state index contributed by atoms with van der Waals surface area (Å²) in [6.07, 6.45) is 0. The second kappa shape index (κ2) is 5.58. The highest BCUT2D eigenvalue weighted by atomic mass is 35.5. The van der Waals surface area contributed by atoms with Gasteiger partial charge in [0.1, 0.15) is 0 Å². The highest BCUT2D eigenvalue weighted by molar-refractivity contribution is 6.36. The summed E-state index contributed by atoms with van der Waals surface area (Å²) in [5, 5.41) is 0.416. The summed E-state index contributed by atoms with van der Waals surface area (Å²) >= 11 is 6.40. The number of hydrogen-bond acceptors (Lipinski definition) is 2. The normalized spacial score (nSPS) is 28.9. The van der Waals surface area contributed by atoms with Crippen LogP contribution in [0.1, 0.15) is 41.0 Å². The van der Waals surface area contributed by atoms with Crippen LogP contribution in [0.5, 0.6) is 0 Å². The van der Waals surface area contributed by atoms with Crippen molar-refractivity contribution in [3.63, 3.8) is 0 Å². The molecule has 0 N–H and O–H groups in total. The number of imide groups is 1. The third-order valence-corrected chi connectivity index (χ3v) is 7.43. The quantitative estimate of drug-likeness (QED) is 0.532. The molecule has 3 aromatic rings. The van der Waals surface area contributed by atoms with Crippen molar-refractivity contribution < 1.29 is 9.59 Å². The number of amides is 2. The average Bonchev–Trinajstić information content (AvgIpc) is 2.95. The Balaban J connectivity index is 1.64. The Morgan fingerprint density at radius 1 is 0.793 bits per heavy atom. The summed E-state index contributed by atoms with van der Waals surface area (Å²) in [7, 11) is 0. The van der Waals surface area contributed by atoms with E-state index in [1.165, 1.54) is 16.0 Å². The van der Waals surface area contributed by atoms with E-state index in [4.69, 9.17) is 11.6 Å². The fraction of sp³-hybridized carbons (Fsp3) is 0.200. The van der Waals surface area contributed by atoms with Crippen molar-refractivity contribution in [1.82, 2.24) is 0 Å². The molecule has 2 atom stereocenters. The SMILES string of the molecule is CC12C(=O)N(c3ccccc3Cl)C(=O)C1C1c3ccccc3C2c2ccccc21. The van der Waals surface area contributed by atoms with Gasteiger partial charge in [-0.15, -0.1) is 0 Å². The van der Waals surface area contributed by atoms with E-state index >= 15 is 0 Å². The molecule has 0 saturated carbocycles. The van der Waals surface area contributed by atoms with E-state index in [0.717, 1.165) is 11.1 Å². The lowest BCUT2D eigenvalue weighted by molar-refractivity contribution is -0.128. The maximum atomic E-state index is 13.9. The molecule has 29 heavy (non-hydrogen) atoms. The third-order valence-electron chi connectivity index (χ3n) is 7.11. The van der Waals surface area contributed by atoms with Crippen LogP contribution in [0.4, 0.5) is 5.69 Å².